The highest BCUT2D eigenvalue weighted by molar-refractivity contribution is 7.80. The van der Waals surface area contributed by atoms with Crippen LogP contribution in [0, 0.1) is 0 Å². The monoisotopic (exact) mass is 851 g/mol. The minimum absolute atomic E-state index is 0.0361. The van der Waals surface area contributed by atoms with Gasteiger partial charge in [0.1, 0.15) is 28.6 Å². The molecule has 19 heteroatoms. The fourth-order valence-electron chi connectivity index (χ4n) is 6.06. The van der Waals surface area contributed by atoms with E-state index in [0.29, 0.717) is 24.3 Å². The highest BCUT2D eigenvalue weighted by atomic mass is 32.1. The first kappa shape index (κ1) is 49.8. The second-order valence-electron chi connectivity index (χ2n) is 14.9. The number of nitrogens with two attached hydrogens (primary N) is 1. The Labute approximate surface area is 349 Å². The Morgan fingerprint density at radius 3 is 2.02 bits per heavy atom. The van der Waals surface area contributed by atoms with Crippen molar-refractivity contribution in [2.75, 3.05) is 5.75 Å². The zero-order chi connectivity index (χ0) is 43.1. The van der Waals surface area contributed by atoms with Gasteiger partial charge in [-0.15, -0.1) is 11.3 Å². The lowest BCUT2D eigenvalue weighted by Gasteiger charge is -2.20. The second-order valence-corrected chi connectivity index (χ2v) is 16.2. The Kier molecular flexibility index (Phi) is 22.8. The maximum atomic E-state index is 12.9. The number of carboxylic acids is 1. The minimum Gasteiger partial charge on any atom is -0.480 e. The SMILES string of the molecule is CCCCCCCCCCCCCC(=O)N[C@H](CC(N)=O)C(=O)N[C@@H](C)CCC(=O)CC(=O)NC1(C(=O)CC(=O)NCc2nc(C(=O)N[C@@H](CS)C(=O)O)cs2)CC1. The van der Waals surface area contributed by atoms with Gasteiger partial charge in [0, 0.05) is 30.0 Å². The van der Waals surface area contributed by atoms with E-state index >= 15 is 0 Å². The summed E-state index contributed by atoms with van der Waals surface area (Å²) in [4.78, 5) is 115. The number of aromatic nitrogens is 1. The van der Waals surface area contributed by atoms with Gasteiger partial charge < -0.3 is 37.4 Å². The molecule has 3 atom stereocenters. The number of carbonyl (C=O) groups is 9. The molecule has 6 amide bonds. The van der Waals surface area contributed by atoms with Gasteiger partial charge in [-0.25, -0.2) is 9.78 Å². The molecule has 8 N–H and O–H groups in total. The number of nitrogens with zero attached hydrogens (tertiary/aromatic N) is 1. The Bertz CT molecular complexity index is 1580. The second kappa shape index (κ2) is 26.6. The van der Waals surface area contributed by atoms with Crippen LogP contribution in [-0.4, -0.2) is 92.5 Å². The highest BCUT2D eigenvalue weighted by Gasteiger charge is 2.51. The van der Waals surface area contributed by atoms with E-state index in [1.54, 1.807) is 6.92 Å². The van der Waals surface area contributed by atoms with Gasteiger partial charge in [-0.1, -0.05) is 71.1 Å². The summed E-state index contributed by atoms with van der Waals surface area (Å²) in [6.07, 6.45) is 12.0. The van der Waals surface area contributed by atoms with Gasteiger partial charge in [-0.2, -0.15) is 12.6 Å². The Hall–Kier alpha value is -4.39. The van der Waals surface area contributed by atoms with Gasteiger partial charge in [0.15, 0.2) is 5.78 Å². The Balaban J connectivity index is 1.69. The predicted molar refractivity (Wildman–Crippen MR) is 220 cm³/mol. The molecule has 1 aliphatic rings. The molecule has 0 radical (unpaired) electrons. The molecular formula is C39H61N7O10S2. The average molecular weight is 852 g/mol. The molecule has 1 aromatic heterocycles. The molecule has 0 spiro atoms. The summed E-state index contributed by atoms with van der Waals surface area (Å²) in [5.41, 5.74) is 4.05. The zero-order valence-electron chi connectivity index (χ0n) is 33.7. The summed E-state index contributed by atoms with van der Waals surface area (Å²) >= 11 is 4.95. The van der Waals surface area contributed by atoms with Crippen LogP contribution >= 0.6 is 24.0 Å². The normalized spacial score (nSPS) is 14.3. The molecule has 17 nitrogen and oxygen atoms in total. The number of unbranched alkanes of at least 4 members (excludes halogenated alkanes) is 10. The number of amides is 6. The van der Waals surface area contributed by atoms with Crippen LogP contribution in [0.4, 0.5) is 0 Å². The molecule has 0 saturated heterocycles. The zero-order valence-corrected chi connectivity index (χ0v) is 35.4. The fourth-order valence-corrected chi connectivity index (χ4v) is 7.02. The van der Waals surface area contributed by atoms with Crippen molar-refractivity contribution >= 4 is 76.9 Å². The maximum Gasteiger partial charge on any atom is 0.327 e. The number of thiol groups is 1. The number of hydrogen-bond acceptors (Lipinski definition) is 12. The highest BCUT2D eigenvalue weighted by Crippen LogP contribution is 2.37. The average Bonchev–Trinajstić information content (AvgIpc) is 3.78. The molecule has 0 bridgehead atoms. The maximum absolute atomic E-state index is 12.9. The topological polar surface area (TPSA) is 273 Å². The summed E-state index contributed by atoms with van der Waals surface area (Å²) in [6.45, 7) is 3.76. The van der Waals surface area contributed by atoms with Crippen molar-refractivity contribution in [2.24, 2.45) is 5.73 Å². The van der Waals surface area contributed by atoms with E-state index in [-0.39, 0.29) is 49.6 Å². The van der Waals surface area contributed by atoms with Crippen LogP contribution in [0.2, 0.25) is 0 Å². The van der Waals surface area contributed by atoms with Crippen LogP contribution in [0.5, 0.6) is 0 Å². The smallest absolute Gasteiger partial charge is 0.327 e. The number of rotatable bonds is 32. The van der Waals surface area contributed by atoms with Crippen molar-refractivity contribution in [1.82, 2.24) is 31.6 Å². The number of hydrogen-bond donors (Lipinski definition) is 8. The number of carboxylic acid groups (broad SMARTS) is 1. The van der Waals surface area contributed by atoms with Crippen molar-refractivity contribution in [3.63, 3.8) is 0 Å². The molecule has 1 fully saturated rings. The van der Waals surface area contributed by atoms with Gasteiger partial charge in [-0.3, -0.25) is 38.4 Å². The third-order valence-electron chi connectivity index (χ3n) is 9.66. The number of ketones is 2. The number of aliphatic carboxylic acids is 1. The molecule has 0 unspecified atom stereocenters. The number of nitrogens with one attached hydrogen (secondary N) is 5. The van der Waals surface area contributed by atoms with E-state index in [4.69, 9.17) is 10.8 Å². The van der Waals surface area contributed by atoms with Crippen LogP contribution in [0.15, 0.2) is 5.38 Å². The van der Waals surface area contributed by atoms with Crippen LogP contribution in [0.3, 0.4) is 0 Å². The van der Waals surface area contributed by atoms with E-state index in [1.165, 1.54) is 50.3 Å². The first-order valence-corrected chi connectivity index (χ1v) is 21.7. The molecule has 1 aromatic rings. The van der Waals surface area contributed by atoms with Crippen LogP contribution in [-0.2, 0) is 44.9 Å². The van der Waals surface area contributed by atoms with Crippen molar-refractivity contribution in [2.45, 2.75) is 166 Å². The first-order valence-electron chi connectivity index (χ1n) is 20.2. The number of Topliss-reactive ketones (excluding diaryl/α,β-unsaturated/α-hetero) is 2. The van der Waals surface area contributed by atoms with Crippen molar-refractivity contribution < 1.29 is 48.3 Å². The van der Waals surface area contributed by atoms with E-state index in [9.17, 15) is 43.2 Å². The molecule has 0 aromatic carbocycles. The van der Waals surface area contributed by atoms with Crippen molar-refractivity contribution in [1.29, 1.82) is 0 Å². The lowest BCUT2D eigenvalue weighted by atomic mass is 10.0. The van der Waals surface area contributed by atoms with Gasteiger partial charge in [0.2, 0.25) is 29.5 Å². The summed E-state index contributed by atoms with van der Waals surface area (Å²) in [5.74, 6) is -6.07. The predicted octanol–water partition coefficient (Wildman–Crippen LogP) is 2.79. The van der Waals surface area contributed by atoms with Gasteiger partial charge in [0.25, 0.3) is 5.91 Å². The van der Waals surface area contributed by atoms with E-state index in [0.717, 1.165) is 30.6 Å². The van der Waals surface area contributed by atoms with Crippen LogP contribution in [0.25, 0.3) is 0 Å². The molecule has 0 aliphatic heterocycles. The molecule has 1 heterocycles. The fraction of sp³-hybridized carbons (Fsp3) is 0.692. The summed E-state index contributed by atoms with van der Waals surface area (Å²) in [6, 6.07) is -2.90. The molecule has 2 rings (SSSR count). The van der Waals surface area contributed by atoms with Crippen LogP contribution in [0.1, 0.15) is 151 Å². The summed E-state index contributed by atoms with van der Waals surface area (Å²) in [7, 11) is 0. The molecular weight excluding hydrogens is 791 g/mol. The van der Waals surface area contributed by atoms with Crippen molar-refractivity contribution in [3.05, 3.63) is 16.1 Å². The van der Waals surface area contributed by atoms with E-state index in [2.05, 4.69) is 51.1 Å². The molecule has 58 heavy (non-hydrogen) atoms. The first-order chi connectivity index (χ1) is 27.6. The number of primary amides is 1. The lowest BCUT2D eigenvalue weighted by molar-refractivity contribution is -0.138. The van der Waals surface area contributed by atoms with Gasteiger partial charge in [-0.05, 0) is 32.6 Å². The van der Waals surface area contributed by atoms with Crippen LogP contribution < -0.4 is 32.3 Å². The van der Waals surface area contributed by atoms with E-state index in [1.807, 2.05) is 0 Å². The van der Waals surface area contributed by atoms with E-state index < -0.39 is 83.6 Å². The van der Waals surface area contributed by atoms with Gasteiger partial charge >= 0.3 is 5.97 Å². The third-order valence-corrected chi connectivity index (χ3v) is 10.9. The number of carbonyl (C=O) groups excluding carboxylic acids is 8. The van der Waals surface area contributed by atoms with Gasteiger partial charge in [0.05, 0.1) is 31.3 Å². The Morgan fingerprint density at radius 2 is 1.45 bits per heavy atom. The number of thiazole rings is 1. The summed E-state index contributed by atoms with van der Waals surface area (Å²) < 4.78 is 0. The minimum atomic E-state index is -1.25. The lowest BCUT2D eigenvalue weighted by Crippen LogP contribution is -2.50. The summed E-state index contributed by atoms with van der Waals surface area (Å²) in [5, 5.41) is 23.5. The van der Waals surface area contributed by atoms with Crippen molar-refractivity contribution in [3.8, 4) is 0 Å². The largest absolute Gasteiger partial charge is 0.480 e. The quantitative estimate of drug-likeness (QED) is 0.0297. The molecule has 1 aliphatic carbocycles. The molecule has 324 valence electrons. The Morgan fingerprint density at radius 1 is 0.828 bits per heavy atom. The molecule has 1 saturated carbocycles. The third kappa shape index (κ3) is 19.8. The standard InChI is InChI=1S/C39H61N7O10S2/c1-3-4-5-6-7-8-9-10-11-12-13-14-32(50)43-27(20-31(40)49)36(53)42-25(2)15-16-26(47)19-34(52)46-39(17-18-39)30(48)21-33(51)41-22-35-44-29(24-58-35)37(54)45-28(23-57)38(55)56/h24-25,27-28,57H,3-23H2,1-2H3,(H2,40,49)(H,41,51)(H,42,53)(H,43,50)(H,45,54)(H,46,52)(H,55,56)/t25-,27+,28-/m0/s1.